The molecule has 7 nitrogen and oxygen atoms in total. The highest BCUT2D eigenvalue weighted by Crippen LogP contribution is 2.45. The first-order valence-electron chi connectivity index (χ1n) is 12.1. The number of amides is 1. The van der Waals surface area contributed by atoms with Crippen molar-refractivity contribution in [2.45, 2.75) is 29.1 Å². The van der Waals surface area contributed by atoms with E-state index in [9.17, 15) is 9.90 Å². The molecule has 0 saturated carbocycles. The Balaban J connectivity index is 1.19. The molecule has 2 heterocycles. The second kappa shape index (κ2) is 11.2. The summed E-state index contributed by atoms with van der Waals surface area (Å²) in [5.74, 6) is 2.07. The fourth-order valence-corrected chi connectivity index (χ4v) is 5.76. The fourth-order valence-electron chi connectivity index (χ4n) is 4.49. The molecule has 0 fully saturated rings. The van der Waals surface area contributed by atoms with E-state index >= 15 is 0 Å². The van der Waals surface area contributed by atoms with E-state index in [-0.39, 0.29) is 12.7 Å². The van der Waals surface area contributed by atoms with Gasteiger partial charge in [-0.2, -0.15) is 0 Å². The number of aliphatic hydroxyl groups excluding tert-OH is 1. The molecule has 0 saturated heterocycles. The lowest BCUT2D eigenvalue weighted by Crippen LogP contribution is -2.43. The molecule has 1 amide bonds. The number of methoxy groups -OCH3 is 1. The van der Waals surface area contributed by atoms with Gasteiger partial charge in [0.1, 0.15) is 11.9 Å². The molecule has 0 spiro atoms. The van der Waals surface area contributed by atoms with Crippen LogP contribution in [0.25, 0.3) is 0 Å². The van der Waals surface area contributed by atoms with Crippen molar-refractivity contribution in [3.63, 3.8) is 0 Å². The number of carbonyl (C=O) groups is 1. The number of fused-ring (bicyclic) bond motifs is 2. The molecule has 2 aliphatic heterocycles. The van der Waals surface area contributed by atoms with Gasteiger partial charge in [-0.25, -0.2) is 0 Å². The average molecular weight is 507 g/mol. The van der Waals surface area contributed by atoms with Gasteiger partial charge < -0.3 is 29.5 Å². The molecule has 3 aromatic carbocycles. The number of nitrogens with one attached hydrogen (secondary N) is 1. The minimum atomic E-state index is -1.15. The molecule has 0 bridgehead atoms. The lowest BCUT2D eigenvalue weighted by atomic mass is 10.1. The van der Waals surface area contributed by atoms with E-state index in [2.05, 4.69) is 11.4 Å². The number of hydrogen-bond acceptors (Lipinski definition) is 7. The van der Waals surface area contributed by atoms with Gasteiger partial charge in [-0.05, 0) is 66.9 Å². The predicted octanol–water partition coefficient (Wildman–Crippen LogP) is 4.19. The van der Waals surface area contributed by atoms with E-state index in [1.807, 2.05) is 60.7 Å². The van der Waals surface area contributed by atoms with Crippen molar-refractivity contribution >= 4 is 23.4 Å². The Labute approximate surface area is 215 Å². The van der Waals surface area contributed by atoms with Gasteiger partial charge in [0.2, 0.25) is 6.79 Å². The normalized spacial score (nSPS) is 18.6. The number of nitrogens with zero attached hydrogens (tertiary/aromatic N) is 1. The van der Waals surface area contributed by atoms with Crippen LogP contribution >= 0.6 is 11.8 Å². The van der Waals surface area contributed by atoms with Crippen molar-refractivity contribution in [3.8, 4) is 17.2 Å². The highest BCUT2D eigenvalue weighted by Gasteiger charge is 2.37. The van der Waals surface area contributed by atoms with Crippen molar-refractivity contribution in [2.75, 3.05) is 38.4 Å². The van der Waals surface area contributed by atoms with E-state index < -0.39 is 11.4 Å². The fraction of sp³-hybridized carbons (Fsp3) is 0.321. The van der Waals surface area contributed by atoms with Crippen LogP contribution in [0.3, 0.4) is 0 Å². The van der Waals surface area contributed by atoms with Gasteiger partial charge in [0.05, 0.1) is 18.0 Å². The van der Waals surface area contributed by atoms with Crippen LogP contribution in [0.5, 0.6) is 17.2 Å². The van der Waals surface area contributed by atoms with Gasteiger partial charge in [0.15, 0.2) is 11.5 Å². The molecular formula is C28H30N2O5S. The largest absolute Gasteiger partial charge is 0.497 e. The Hall–Kier alpha value is -3.20. The monoisotopic (exact) mass is 506 g/mol. The Morgan fingerprint density at radius 1 is 1.06 bits per heavy atom. The molecule has 2 unspecified atom stereocenters. The Kier molecular flexibility index (Phi) is 7.65. The van der Waals surface area contributed by atoms with Crippen molar-refractivity contribution in [3.05, 3.63) is 77.9 Å². The number of hydrogen-bond donors (Lipinski definition) is 2. The summed E-state index contributed by atoms with van der Waals surface area (Å²) in [6.45, 7) is 2.22. The molecule has 2 N–H and O–H groups in total. The SMILES string of the molecule is COc1ccc(C2Sc3ccccc3N(CCNCCCc3ccc4c(c3)OCO4)C(=O)C2O)cc1. The second-order valence-corrected chi connectivity index (χ2v) is 9.94. The molecule has 5 rings (SSSR count). The highest BCUT2D eigenvalue weighted by atomic mass is 32.2. The summed E-state index contributed by atoms with van der Waals surface area (Å²) in [5.41, 5.74) is 2.94. The summed E-state index contributed by atoms with van der Waals surface area (Å²) in [6.07, 6.45) is 0.734. The van der Waals surface area contributed by atoms with Crippen LogP contribution in [0.4, 0.5) is 5.69 Å². The zero-order valence-electron chi connectivity index (χ0n) is 20.2. The van der Waals surface area contributed by atoms with Crippen molar-refractivity contribution in [2.24, 2.45) is 0 Å². The van der Waals surface area contributed by atoms with E-state index in [0.717, 1.165) is 52.8 Å². The third-order valence-electron chi connectivity index (χ3n) is 6.43. The third kappa shape index (κ3) is 5.31. The molecule has 0 aliphatic carbocycles. The minimum absolute atomic E-state index is 0.282. The number of thioether (sulfide) groups is 1. The topological polar surface area (TPSA) is 80.3 Å². The lowest BCUT2D eigenvalue weighted by Gasteiger charge is -2.25. The number of aliphatic hydroxyl groups is 1. The molecule has 3 aromatic rings. The summed E-state index contributed by atoms with van der Waals surface area (Å²) in [5, 5.41) is 14.1. The van der Waals surface area contributed by atoms with E-state index in [4.69, 9.17) is 14.2 Å². The number of aryl methyl sites for hydroxylation is 1. The van der Waals surface area contributed by atoms with Crippen LogP contribution in [-0.4, -0.2) is 50.7 Å². The molecular weight excluding hydrogens is 476 g/mol. The zero-order chi connectivity index (χ0) is 24.9. The van der Waals surface area contributed by atoms with Crippen molar-refractivity contribution in [1.82, 2.24) is 5.32 Å². The summed E-state index contributed by atoms with van der Waals surface area (Å²) in [4.78, 5) is 16.1. The molecule has 2 atom stereocenters. The van der Waals surface area contributed by atoms with Crippen molar-refractivity contribution in [1.29, 1.82) is 0 Å². The smallest absolute Gasteiger partial charge is 0.257 e. The number of benzene rings is 3. The van der Waals surface area contributed by atoms with Crippen LogP contribution < -0.4 is 24.4 Å². The lowest BCUT2D eigenvalue weighted by molar-refractivity contribution is -0.126. The van der Waals surface area contributed by atoms with Gasteiger partial charge in [0, 0.05) is 18.0 Å². The van der Waals surface area contributed by atoms with Gasteiger partial charge >= 0.3 is 0 Å². The molecule has 36 heavy (non-hydrogen) atoms. The molecule has 8 heteroatoms. The number of carbonyl (C=O) groups excluding carboxylic acids is 1. The van der Waals surface area contributed by atoms with Crippen LogP contribution in [0.15, 0.2) is 71.6 Å². The summed E-state index contributed by atoms with van der Waals surface area (Å²) >= 11 is 1.52. The first-order chi connectivity index (χ1) is 17.6. The Morgan fingerprint density at radius 2 is 1.86 bits per heavy atom. The van der Waals surface area contributed by atoms with Gasteiger partial charge in [-0.15, -0.1) is 11.8 Å². The summed E-state index contributed by atoms with van der Waals surface area (Å²) < 4.78 is 16.1. The first-order valence-corrected chi connectivity index (χ1v) is 13.0. The number of anilines is 1. The maximum atomic E-state index is 13.4. The van der Waals surface area contributed by atoms with Crippen molar-refractivity contribution < 1.29 is 24.1 Å². The van der Waals surface area contributed by atoms with Gasteiger partial charge in [-0.3, -0.25) is 4.79 Å². The van der Waals surface area contributed by atoms with Gasteiger partial charge in [0.25, 0.3) is 5.91 Å². The molecule has 0 aromatic heterocycles. The summed E-state index contributed by atoms with van der Waals surface area (Å²) in [7, 11) is 1.62. The Bertz CT molecular complexity index is 1200. The van der Waals surface area contributed by atoms with Crippen LogP contribution in [0, 0.1) is 0 Å². The minimum Gasteiger partial charge on any atom is -0.497 e. The maximum absolute atomic E-state index is 13.4. The number of rotatable bonds is 9. The third-order valence-corrected chi connectivity index (χ3v) is 7.81. The highest BCUT2D eigenvalue weighted by molar-refractivity contribution is 7.99. The maximum Gasteiger partial charge on any atom is 0.257 e. The zero-order valence-corrected chi connectivity index (χ0v) is 21.0. The standard InChI is InChI=1S/C28H30N2O5S/c1-33-21-11-9-20(10-12-21)27-26(31)28(32)30(22-6-2-3-7-25(22)36-27)16-15-29-14-4-5-19-8-13-23-24(17-19)35-18-34-23/h2-3,6-13,17,26-27,29,31H,4-5,14-16,18H2,1H3. The van der Waals surface area contributed by atoms with Gasteiger partial charge in [-0.1, -0.05) is 30.3 Å². The Morgan fingerprint density at radius 3 is 2.69 bits per heavy atom. The van der Waals surface area contributed by atoms with E-state index in [1.165, 1.54) is 17.3 Å². The predicted molar refractivity (Wildman–Crippen MR) is 140 cm³/mol. The second-order valence-electron chi connectivity index (χ2n) is 8.76. The summed E-state index contributed by atoms with van der Waals surface area (Å²) in [6, 6.07) is 21.4. The first kappa shape index (κ1) is 24.5. The quantitative estimate of drug-likeness (QED) is 0.422. The van der Waals surface area contributed by atoms with Crippen LogP contribution in [0.2, 0.25) is 0 Å². The number of ether oxygens (including phenoxy) is 3. The number of para-hydroxylation sites is 1. The van der Waals surface area contributed by atoms with Crippen LogP contribution in [0.1, 0.15) is 22.8 Å². The molecule has 188 valence electrons. The van der Waals surface area contributed by atoms with E-state index in [0.29, 0.717) is 13.1 Å². The van der Waals surface area contributed by atoms with E-state index in [1.54, 1.807) is 12.0 Å². The van der Waals surface area contributed by atoms with Crippen LogP contribution in [-0.2, 0) is 11.2 Å². The molecule has 2 aliphatic rings. The molecule has 0 radical (unpaired) electrons. The average Bonchev–Trinajstić information content (AvgIpc) is 3.35.